The molecule has 1 N–H and O–H groups in total. The number of urea groups is 1. The Bertz CT molecular complexity index is 612. The summed E-state index contributed by atoms with van der Waals surface area (Å²) >= 11 is 3.55. The molecule has 21 heavy (non-hydrogen) atoms. The number of thioether (sulfide) groups is 1. The Labute approximate surface area is 133 Å². The van der Waals surface area contributed by atoms with Gasteiger partial charge in [-0.15, -0.1) is 23.1 Å². The van der Waals surface area contributed by atoms with E-state index in [2.05, 4.69) is 29.8 Å². The molecule has 1 fully saturated rings. The predicted octanol–water partition coefficient (Wildman–Crippen LogP) is 4.59. The molecule has 2 heterocycles. The molecule has 1 aliphatic heterocycles. The first kappa shape index (κ1) is 14.5. The fraction of sp³-hybridized carbons (Fsp3) is 0.312. The van der Waals surface area contributed by atoms with Crippen molar-refractivity contribution in [1.82, 2.24) is 4.90 Å². The monoisotopic (exact) mass is 318 g/mol. The Morgan fingerprint density at radius 2 is 2.19 bits per heavy atom. The maximum absolute atomic E-state index is 12.6. The lowest BCUT2D eigenvalue weighted by Crippen LogP contribution is -2.34. The molecule has 0 unspecified atom stereocenters. The molecule has 3 nitrogen and oxygen atoms in total. The Balaban J connectivity index is 1.75. The molecule has 1 atom stereocenters. The average Bonchev–Trinajstić information content (AvgIpc) is 3.18. The number of carbonyl (C=O) groups is 1. The Kier molecular flexibility index (Phi) is 4.51. The van der Waals surface area contributed by atoms with Gasteiger partial charge in [0.25, 0.3) is 0 Å². The van der Waals surface area contributed by atoms with Gasteiger partial charge < -0.3 is 10.2 Å². The summed E-state index contributed by atoms with van der Waals surface area (Å²) in [5.74, 6) is 0.991. The van der Waals surface area contributed by atoms with Crippen LogP contribution in [-0.2, 0) is 6.42 Å². The second kappa shape index (κ2) is 6.54. The minimum absolute atomic E-state index is 0.000648. The number of anilines is 1. The zero-order chi connectivity index (χ0) is 14.7. The number of para-hydroxylation sites is 1. The summed E-state index contributed by atoms with van der Waals surface area (Å²) in [7, 11) is 0. The van der Waals surface area contributed by atoms with Crippen LogP contribution in [0.3, 0.4) is 0 Å². The number of nitrogens with zero attached hydrogens (tertiary/aromatic N) is 1. The SMILES string of the molecule is CCc1ccccc1NC(=O)N1CCS[C@H]1c1cccs1. The van der Waals surface area contributed by atoms with E-state index < -0.39 is 0 Å². The number of amides is 2. The first-order valence-electron chi connectivity index (χ1n) is 7.10. The smallest absolute Gasteiger partial charge is 0.308 e. The summed E-state index contributed by atoms with van der Waals surface area (Å²) in [6.45, 7) is 2.90. The molecular formula is C16H18N2OS2. The van der Waals surface area contributed by atoms with Gasteiger partial charge in [-0.25, -0.2) is 4.79 Å². The quantitative estimate of drug-likeness (QED) is 0.897. The van der Waals surface area contributed by atoms with Gasteiger partial charge in [0.2, 0.25) is 0 Å². The van der Waals surface area contributed by atoms with Crippen LogP contribution < -0.4 is 5.32 Å². The lowest BCUT2D eigenvalue weighted by atomic mass is 10.1. The fourth-order valence-electron chi connectivity index (χ4n) is 2.48. The molecule has 0 saturated carbocycles. The van der Waals surface area contributed by atoms with Crippen molar-refractivity contribution in [2.24, 2.45) is 0 Å². The number of carbonyl (C=O) groups excluding carboxylic acids is 1. The molecule has 110 valence electrons. The topological polar surface area (TPSA) is 32.3 Å². The van der Waals surface area contributed by atoms with E-state index in [9.17, 15) is 4.79 Å². The first-order valence-corrected chi connectivity index (χ1v) is 9.03. The number of rotatable bonds is 3. The lowest BCUT2D eigenvalue weighted by molar-refractivity contribution is 0.215. The highest BCUT2D eigenvalue weighted by atomic mass is 32.2. The van der Waals surface area contributed by atoms with Gasteiger partial charge in [-0.2, -0.15) is 0 Å². The van der Waals surface area contributed by atoms with E-state index in [0.717, 1.165) is 24.4 Å². The van der Waals surface area contributed by atoms with Gasteiger partial charge in [0, 0.05) is 22.9 Å². The van der Waals surface area contributed by atoms with Crippen LogP contribution in [0, 0.1) is 0 Å². The third-order valence-electron chi connectivity index (χ3n) is 3.58. The van der Waals surface area contributed by atoms with E-state index in [1.807, 2.05) is 40.9 Å². The molecule has 0 aliphatic carbocycles. The summed E-state index contributed by atoms with van der Waals surface area (Å²) in [4.78, 5) is 15.8. The highest BCUT2D eigenvalue weighted by molar-refractivity contribution is 7.99. The molecule has 1 aromatic heterocycles. The van der Waals surface area contributed by atoms with Gasteiger partial charge in [-0.1, -0.05) is 31.2 Å². The molecule has 2 aromatic rings. The molecule has 2 amide bonds. The van der Waals surface area contributed by atoms with Crippen molar-refractivity contribution in [3.8, 4) is 0 Å². The molecule has 3 rings (SSSR count). The molecule has 1 aromatic carbocycles. The maximum atomic E-state index is 12.6. The van der Waals surface area contributed by atoms with Crippen LogP contribution in [0.15, 0.2) is 41.8 Å². The minimum atomic E-state index is -0.000648. The van der Waals surface area contributed by atoms with E-state index in [-0.39, 0.29) is 11.4 Å². The number of hydrogen-bond donors (Lipinski definition) is 1. The second-order valence-corrected chi connectivity index (χ2v) is 7.04. The van der Waals surface area contributed by atoms with Gasteiger partial charge in [-0.05, 0) is 29.5 Å². The van der Waals surface area contributed by atoms with Gasteiger partial charge in [0.15, 0.2) is 0 Å². The normalized spacial score (nSPS) is 18.0. The van der Waals surface area contributed by atoms with Crippen molar-refractivity contribution in [2.45, 2.75) is 18.7 Å². The van der Waals surface area contributed by atoms with Crippen molar-refractivity contribution in [3.63, 3.8) is 0 Å². The average molecular weight is 318 g/mol. The third-order valence-corrected chi connectivity index (χ3v) is 5.89. The molecule has 1 aliphatic rings. The van der Waals surface area contributed by atoms with E-state index >= 15 is 0 Å². The van der Waals surface area contributed by atoms with E-state index in [4.69, 9.17) is 0 Å². The van der Waals surface area contributed by atoms with Crippen molar-refractivity contribution in [3.05, 3.63) is 52.2 Å². The predicted molar refractivity (Wildman–Crippen MR) is 91.1 cm³/mol. The maximum Gasteiger partial charge on any atom is 0.323 e. The number of nitrogens with one attached hydrogen (secondary N) is 1. The lowest BCUT2D eigenvalue weighted by Gasteiger charge is -2.23. The molecule has 5 heteroatoms. The van der Waals surface area contributed by atoms with Gasteiger partial charge in [0.05, 0.1) is 0 Å². The summed E-state index contributed by atoms with van der Waals surface area (Å²) in [6.07, 6.45) is 0.916. The summed E-state index contributed by atoms with van der Waals surface area (Å²) in [5, 5.41) is 5.29. The van der Waals surface area contributed by atoms with E-state index in [0.29, 0.717) is 0 Å². The second-order valence-electron chi connectivity index (χ2n) is 4.87. The van der Waals surface area contributed by atoms with Crippen LogP contribution in [0.4, 0.5) is 10.5 Å². The fourth-order valence-corrected chi connectivity index (χ4v) is 4.72. The van der Waals surface area contributed by atoms with Crippen molar-refractivity contribution in [1.29, 1.82) is 0 Å². The highest BCUT2D eigenvalue weighted by Gasteiger charge is 2.31. The largest absolute Gasteiger partial charge is 0.323 e. The molecule has 1 saturated heterocycles. The zero-order valence-corrected chi connectivity index (χ0v) is 13.5. The van der Waals surface area contributed by atoms with Gasteiger partial charge in [0.1, 0.15) is 5.37 Å². The number of thiophene rings is 1. The number of benzene rings is 1. The summed E-state index contributed by atoms with van der Waals surface area (Å²) in [5.41, 5.74) is 2.09. The number of hydrogen-bond acceptors (Lipinski definition) is 3. The zero-order valence-electron chi connectivity index (χ0n) is 11.9. The van der Waals surface area contributed by atoms with Crippen LogP contribution >= 0.6 is 23.1 Å². The van der Waals surface area contributed by atoms with Crippen LogP contribution in [0.1, 0.15) is 22.7 Å². The molecule has 0 bridgehead atoms. The Hall–Kier alpha value is -1.46. The first-order chi connectivity index (χ1) is 10.3. The standard InChI is InChI=1S/C16H18N2OS2/c1-2-12-6-3-4-7-13(12)17-16(19)18-9-11-21-15(18)14-8-5-10-20-14/h3-8,10,15H,2,9,11H2,1H3,(H,17,19)/t15-/m0/s1. The number of aryl methyl sites for hydroxylation is 1. The molecular weight excluding hydrogens is 300 g/mol. The highest BCUT2D eigenvalue weighted by Crippen LogP contribution is 2.40. The van der Waals surface area contributed by atoms with E-state index in [1.165, 1.54) is 10.4 Å². The van der Waals surface area contributed by atoms with Crippen LogP contribution in [0.2, 0.25) is 0 Å². The van der Waals surface area contributed by atoms with Crippen molar-refractivity contribution >= 4 is 34.8 Å². The van der Waals surface area contributed by atoms with Gasteiger partial charge in [-0.3, -0.25) is 0 Å². The van der Waals surface area contributed by atoms with Crippen molar-refractivity contribution in [2.75, 3.05) is 17.6 Å². The Morgan fingerprint density at radius 1 is 1.33 bits per heavy atom. The minimum Gasteiger partial charge on any atom is -0.308 e. The van der Waals surface area contributed by atoms with E-state index in [1.54, 1.807) is 11.3 Å². The van der Waals surface area contributed by atoms with Gasteiger partial charge >= 0.3 is 6.03 Å². The third kappa shape index (κ3) is 3.09. The molecule has 0 radical (unpaired) electrons. The van der Waals surface area contributed by atoms with Crippen LogP contribution in [-0.4, -0.2) is 23.2 Å². The van der Waals surface area contributed by atoms with Crippen LogP contribution in [0.5, 0.6) is 0 Å². The summed E-state index contributed by atoms with van der Waals surface area (Å²) in [6, 6.07) is 12.2. The Morgan fingerprint density at radius 3 is 2.95 bits per heavy atom. The summed E-state index contributed by atoms with van der Waals surface area (Å²) < 4.78 is 0. The van der Waals surface area contributed by atoms with Crippen LogP contribution in [0.25, 0.3) is 0 Å². The molecule has 0 spiro atoms. The van der Waals surface area contributed by atoms with Crippen molar-refractivity contribution < 1.29 is 4.79 Å².